The largest absolute Gasteiger partial charge is 0.374 e. The van der Waals surface area contributed by atoms with Gasteiger partial charge in [-0.05, 0) is 31.4 Å². The van der Waals surface area contributed by atoms with Crippen LogP contribution in [-0.2, 0) is 11.3 Å². The topological polar surface area (TPSA) is 59.4 Å². The van der Waals surface area contributed by atoms with E-state index in [1.54, 1.807) is 0 Å². The summed E-state index contributed by atoms with van der Waals surface area (Å²) < 4.78 is 7.68. The number of aryl methyl sites for hydroxylation is 1. The molecule has 1 aromatic heterocycles. The molecule has 0 aliphatic carbocycles. The van der Waals surface area contributed by atoms with E-state index in [2.05, 4.69) is 29.2 Å². The zero-order valence-electron chi connectivity index (χ0n) is 17.7. The molecule has 1 fully saturated rings. The van der Waals surface area contributed by atoms with Crippen LogP contribution in [0, 0.1) is 19.8 Å². The lowest BCUT2D eigenvalue weighted by Gasteiger charge is -2.33. The number of amides is 1. The zero-order valence-corrected chi connectivity index (χ0v) is 18.5. The molecule has 1 saturated heterocycles. The predicted molar refractivity (Wildman–Crippen MR) is 116 cm³/mol. The van der Waals surface area contributed by atoms with E-state index >= 15 is 0 Å². The smallest absolute Gasteiger partial charge is 0.255 e. The van der Waals surface area contributed by atoms with Crippen molar-refractivity contribution >= 4 is 17.5 Å². The second-order valence-corrected chi connectivity index (χ2v) is 8.56. The van der Waals surface area contributed by atoms with E-state index in [9.17, 15) is 4.79 Å². The highest BCUT2D eigenvalue weighted by Gasteiger charge is 2.24. The molecule has 3 rings (SSSR count). The second kappa shape index (κ2) is 9.74. The Labute approximate surface area is 178 Å². The van der Waals surface area contributed by atoms with E-state index in [1.807, 2.05) is 42.8 Å². The van der Waals surface area contributed by atoms with Gasteiger partial charge >= 0.3 is 0 Å². The molecule has 158 valence electrons. The van der Waals surface area contributed by atoms with Gasteiger partial charge in [-0.1, -0.05) is 43.6 Å². The zero-order chi connectivity index (χ0) is 21.0. The SMILES string of the molecule is Cc1nn(Cc2ccccc2Cl)c(C)c1C(=O)NCC1CN(CC(C)C)CCO1. The lowest BCUT2D eigenvalue weighted by Crippen LogP contribution is -2.48. The van der Waals surface area contributed by atoms with Crippen LogP contribution in [0.4, 0.5) is 0 Å². The van der Waals surface area contributed by atoms with Crippen LogP contribution in [0.15, 0.2) is 24.3 Å². The summed E-state index contributed by atoms with van der Waals surface area (Å²) in [5, 5.41) is 8.31. The van der Waals surface area contributed by atoms with E-state index in [-0.39, 0.29) is 12.0 Å². The fraction of sp³-hybridized carbons (Fsp3) is 0.545. The van der Waals surface area contributed by atoms with Crippen LogP contribution in [0.25, 0.3) is 0 Å². The number of carbonyl (C=O) groups is 1. The highest BCUT2D eigenvalue weighted by Crippen LogP contribution is 2.19. The third-order valence-electron chi connectivity index (χ3n) is 5.22. The number of morpholine rings is 1. The number of nitrogens with one attached hydrogen (secondary N) is 1. The first-order valence-corrected chi connectivity index (χ1v) is 10.6. The first-order valence-electron chi connectivity index (χ1n) is 10.2. The Morgan fingerprint density at radius 3 is 2.83 bits per heavy atom. The molecule has 2 heterocycles. The molecule has 29 heavy (non-hydrogen) atoms. The lowest BCUT2D eigenvalue weighted by atomic mass is 10.1. The lowest BCUT2D eigenvalue weighted by molar-refractivity contribution is -0.0295. The number of ether oxygens (including phenoxy) is 1. The molecule has 7 heteroatoms. The van der Waals surface area contributed by atoms with Gasteiger partial charge in [0.05, 0.1) is 30.5 Å². The summed E-state index contributed by atoms with van der Waals surface area (Å²) >= 11 is 6.28. The molecule has 0 radical (unpaired) electrons. The van der Waals surface area contributed by atoms with E-state index in [4.69, 9.17) is 16.3 Å². The van der Waals surface area contributed by atoms with Crippen LogP contribution in [-0.4, -0.2) is 59.5 Å². The Morgan fingerprint density at radius 2 is 2.10 bits per heavy atom. The quantitative estimate of drug-likeness (QED) is 0.749. The maximum absolute atomic E-state index is 12.9. The van der Waals surface area contributed by atoms with Crippen LogP contribution in [0.2, 0.25) is 5.02 Å². The minimum absolute atomic E-state index is 0.0187. The molecular formula is C22H31ClN4O2. The molecule has 1 atom stereocenters. The number of carbonyl (C=O) groups excluding carboxylic acids is 1. The van der Waals surface area contributed by atoms with Gasteiger partial charge in [-0.25, -0.2) is 0 Å². The van der Waals surface area contributed by atoms with Gasteiger partial charge in [0, 0.05) is 36.9 Å². The third-order valence-corrected chi connectivity index (χ3v) is 5.59. The van der Waals surface area contributed by atoms with Crippen molar-refractivity contribution < 1.29 is 9.53 Å². The Balaban J connectivity index is 1.62. The van der Waals surface area contributed by atoms with Gasteiger partial charge in [0.15, 0.2) is 0 Å². The number of hydrogen-bond donors (Lipinski definition) is 1. The summed E-state index contributed by atoms with van der Waals surface area (Å²) in [6.45, 7) is 12.8. The molecule has 1 amide bonds. The monoisotopic (exact) mass is 418 g/mol. The fourth-order valence-corrected chi connectivity index (χ4v) is 4.04. The molecule has 0 spiro atoms. The molecule has 0 saturated carbocycles. The summed E-state index contributed by atoms with van der Waals surface area (Å²) in [6.07, 6.45) is 0.0187. The van der Waals surface area contributed by atoms with Crippen LogP contribution in [0.5, 0.6) is 0 Å². The van der Waals surface area contributed by atoms with Gasteiger partial charge in [0.1, 0.15) is 0 Å². The molecule has 2 aromatic rings. The van der Waals surface area contributed by atoms with Crippen LogP contribution in [0.3, 0.4) is 0 Å². The van der Waals surface area contributed by atoms with Crippen molar-refractivity contribution in [1.82, 2.24) is 20.0 Å². The number of hydrogen-bond acceptors (Lipinski definition) is 4. The minimum atomic E-state index is -0.102. The summed E-state index contributed by atoms with van der Waals surface area (Å²) in [4.78, 5) is 15.3. The van der Waals surface area contributed by atoms with Crippen LogP contribution < -0.4 is 5.32 Å². The molecule has 1 aromatic carbocycles. The molecule has 1 aliphatic heterocycles. The Kier molecular flexibility index (Phi) is 7.33. The van der Waals surface area contributed by atoms with Gasteiger partial charge < -0.3 is 10.1 Å². The molecule has 1 N–H and O–H groups in total. The third kappa shape index (κ3) is 5.59. The van der Waals surface area contributed by atoms with Gasteiger partial charge in [-0.15, -0.1) is 0 Å². The average molecular weight is 419 g/mol. The first-order chi connectivity index (χ1) is 13.8. The highest BCUT2D eigenvalue weighted by molar-refractivity contribution is 6.31. The summed E-state index contributed by atoms with van der Waals surface area (Å²) in [7, 11) is 0. The minimum Gasteiger partial charge on any atom is -0.374 e. The van der Waals surface area contributed by atoms with Crippen LogP contribution >= 0.6 is 11.6 Å². The standard InChI is InChI=1S/C22H31ClN4O2/c1-15(2)12-26-9-10-29-19(14-26)11-24-22(28)21-16(3)25-27(17(21)4)13-18-7-5-6-8-20(18)23/h5-8,15,19H,9-14H2,1-4H3,(H,24,28). The number of benzene rings is 1. The van der Waals surface area contributed by atoms with Crippen molar-refractivity contribution in [2.24, 2.45) is 5.92 Å². The maximum Gasteiger partial charge on any atom is 0.255 e. The van der Waals surface area contributed by atoms with Crippen molar-refractivity contribution in [3.63, 3.8) is 0 Å². The average Bonchev–Trinajstić information content (AvgIpc) is 2.95. The van der Waals surface area contributed by atoms with Crippen molar-refractivity contribution in [3.8, 4) is 0 Å². The van der Waals surface area contributed by atoms with E-state index in [0.717, 1.165) is 36.6 Å². The number of halogens is 1. The van der Waals surface area contributed by atoms with E-state index in [1.165, 1.54) is 0 Å². The van der Waals surface area contributed by atoms with Crippen molar-refractivity contribution in [2.75, 3.05) is 32.8 Å². The van der Waals surface area contributed by atoms with Gasteiger partial charge in [0.2, 0.25) is 0 Å². The molecule has 1 aliphatic rings. The summed E-state index contributed by atoms with van der Waals surface area (Å²) in [5.41, 5.74) is 3.17. The highest BCUT2D eigenvalue weighted by atomic mass is 35.5. The van der Waals surface area contributed by atoms with Gasteiger partial charge in [-0.3, -0.25) is 14.4 Å². The predicted octanol–water partition coefficient (Wildman–Crippen LogP) is 3.29. The van der Waals surface area contributed by atoms with Crippen molar-refractivity contribution in [1.29, 1.82) is 0 Å². The Morgan fingerprint density at radius 1 is 1.34 bits per heavy atom. The van der Waals surface area contributed by atoms with Crippen molar-refractivity contribution in [2.45, 2.75) is 40.3 Å². The van der Waals surface area contributed by atoms with Crippen molar-refractivity contribution in [3.05, 3.63) is 51.8 Å². The summed E-state index contributed by atoms with van der Waals surface area (Å²) in [6, 6.07) is 7.69. The summed E-state index contributed by atoms with van der Waals surface area (Å²) in [5.74, 6) is 0.521. The molecular weight excluding hydrogens is 388 g/mol. The maximum atomic E-state index is 12.9. The second-order valence-electron chi connectivity index (χ2n) is 8.15. The van der Waals surface area contributed by atoms with Gasteiger partial charge in [-0.2, -0.15) is 5.10 Å². The Hall–Kier alpha value is -1.89. The van der Waals surface area contributed by atoms with Gasteiger partial charge in [0.25, 0.3) is 5.91 Å². The number of aromatic nitrogens is 2. The first kappa shape index (κ1) is 21.8. The van der Waals surface area contributed by atoms with E-state index in [0.29, 0.717) is 36.2 Å². The molecule has 6 nitrogen and oxygen atoms in total. The number of nitrogens with zero attached hydrogens (tertiary/aromatic N) is 3. The molecule has 0 bridgehead atoms. The van der Waals surface area contributed by atoms with Crippen LogP contribution in [0.1, 0.15) is 41.2 Å². The van der Waals surface area contributed by atoms with E-state index < -0.39 is 0 Å². The number of rotatable bonds is 7. The molecule has 1 unspecified atom stereocenters. The Bertz CT molecular complexity index is 849. The normalized spacial score (nSPS) is 17.7. The fourth-order valence-electron chi connectivity index (χ4n) is 3.85.